The van der Waals surface area contributed by atoms with Crippen LogP contribution in [0.15, 0.2) is 24.3 Å². The number of thiocarbonyl (C=S) groups is 1. The molecular weight excluding hydrogens is 212 g/mol. The van der Waals surface area contributed by atoms with Crippen LogP contribution < -0.4 is 5.73 Å². The first-order chi connectivity index (χ1) is 7.06. The topological polar surface area (TPSA) is 90.3 Å². The third kappa shape index (κ3) is 2.73. The van der Waals surface area contributed by atoms with E-state index in [-0.39, 0.29) is 4.99 Å². The van der Waals surface area contributed by atoms with E-state index in [1.54, 1.807) is 30.3 Å². The van der Waals surface area contributed by atoms with Crippen LogP contribution in [0, 0.1) is 11.3 Å². The summed E-state index contributed by atoms with van der Waals surface area (Å²) in [4.78, 5) is 0.204. The molecule has 0 aromatic heterocycles. The fourth-order valence-electron chi connectivity index (χ4n) is 1.13. The minimum Gasteiger partial charge on any atom is -0.389 e. The molecule has 1 aromatic rings. The van der Waals surface area contributed by atoms with Gasteiger partial charge >= 0.3 is 0 Å². The second kappa shape index (κ2) is 4.84. The molecule has 2 atom stereocenters. The molecule has 0 spiro atoms. The maximum absolute atomic E-state index is 9.54. The van der Waals surface area contributed by atoms with Gasteiger partial charge in [0.15, 0.2) is 6.10 Å². The highest BCUT2D eigenvalue weighted by Gasteiger charge is 2.17. The second-order valence-electron chi connectivity index (χ2n) is 3.01. The Kier molecular flexibility index (Phi) is 3.74. The van der Waals surface area contributed by atoms with Gasteiger partial charge in [0, 0.05) is 5.56 Å². The van der Waals surface area contributed by atoms with Crippen molar-refractivity contribution in [3.8, 4) is 6.07 Å². The van der Waals surface area contributed by atoms with Crippen molar-refractivity contribution in [1.82, 2.24) is 0 Å². The lowest BCUT2D eigenvalue weighted by Crippen LogP contribution is -2.17. The molecular formula is C10H10N2O2S. The van der Waals surface area contributed by atoms with Gasteiger partial charge in [-0.1, -0.05) is 30.4 Å². The van der Waals surface area contributed by atoms with Crippen LogP contribution in [-0.4, -0.2) is 21.3 Å². The first-order valence-electron chi connectivity index (χ1n) is 4.21. The van der Waals surface area contributed by atoms with E-state index >= 15 is 0 Å². The second-order valence-corrected chi connectivity index (χ2v) is 3.45. The van der Waals surface area contributed by atoms with E-state index in [4.69, 9.17) is 28.3 Å². The number of nitrogens with zero attached hydrogens (tertiary/aromatic N) is 1. The number of hydrogen-bond acceptors (Lipinski definition) is 4. The zero-order valence-electron chi connectivity index (χ0n) is 7.79. The van der Waals surface area contributed by atoms with Gasteiger partial charge in [-0.05, 0) is 11.6 Å². The Hall–Kier alpha value is -1.48. The minimum absolute atomic E-state index is 0.204. The molecule has 4 nitrogen and oxygen atoms in total. The molecule has 0 fully saturated rings. The quantitative estimate of drug-likeness (QED) is 0.503. The Balaban J connectivity index is 3.01. The van der Waals surface area contributed by atoms with Gasteiger partial charge in [0.2, 0.25) is 0 Å². The predicted octanol–water partition coefficient (Wildman–Crippen LogP) is 0.239. The van der Waals surface area contributed by atoms with Crippen LogP contribution in [-0.2, 0) is 0 Å². The molecule has 0 heterocycles. The van der Waals surface area contributed by atoms with Crippen molar-refractivity contribution in [3.63, 3.8) is 0 Å². The molecule has 15 heavy (non-hydrogen) atoms. The van der Waals surface area contributed by atoms with Crippen LogP contribution in [0.25, 0.3) is 0 Å². The molecule has 0 aliphatic carbocycles. The Bertz CT molecular complexity index is 414. The van der Waals surface area contributed by atoms with Gasteiger partial charge in [-0.2, -0.15) is 5.26 Å². The molecule has 4 N–H and O–H groups in total. The molecule has 0 aliphatic rings. The molecule has 1 aromatic carbocycles. The summed E-state index contributed by atoms with van der Waals surface area (Å²) >= 11 is 4.77. The molecule has 0 bridgehead atoms. The molecule has 1 rings (SSSR count). The van der Waals surface area contributed by atoms with E-state index in [0.717, 1.165) is 0 Å². The Morgan fingerprint density at radius 3 is 2.67 bits per heavy atom. The van der Waals surface area contributed by atoms with Gasteiger partial charge in [-0.3, -0.25) is 0 Å². The fraction of sp³-hybridized carbons (Fsp3) is 0.200. The highest BCUT2D eigenvalue weighted by molar-refractivity contribution is 7.80. The third-order valence-corrected chi connectivity index (χ3v) is 2.18. The normalized spacial score (nSPS) is 13.9. The largest absolute Gasteiger partial charge is 0.389 e. The molecule has 2 unspecified atom stereocenters. The van der Waals surface area contributed by atoms with E-state index in [9.17, 15) is 5.11 Å². The molecule has 0 saturated heterocycles. The summed E-state index contributed by atoms with van der Waals surface area (Å²) in [6.07, 6.45) is -2.70. The lowest BCUT2D eigenvalue weighted by Gasteiger charge is -2.12. The summed E-state index contributed by atoms with van der Waals surface area (Å²) in [5, 5.41) is 27.1. The summed E-state index contributed by atoms with van der Waals surface area (Å²) in [7, 11) is 0. The average molecular weight is 222 g/mol. The summed E-state index contributed by atoms with van der Waals surface area (Å²) < 4.78 is 0. The van der Waals surface area contributed by atoms with Crippen molar-refractivity contribution in [3.05, 3.63) is 35.4 Å². The van der Waals surface area contributed by atoms with Crippen molar-refractivity contribution >= 4 is 17.2 Å². The molecule has 0 amide bonds. The van der Waals surface area contributed by atoms with Gasteiger partial charge in [0.1, 0.15) is 11.1 Å². The van der Waals surface area contributed by atoms with Crippen molar-refractivity contribution in [2.75, 3.05) is 0 Å². The van der Waals surface area contributed by atoms with Crippen LogP contribution in [0.1, 0.15) is 17.2 Å². The molecule has 0 aliphatic heterocycles. The smallest absolute Gasteiger partial charge is 0.170 e. The lowest BCUT2D eigenvalue weighted by atomic mass is 10.0. The Labute approximate surface area is 92.6 Å². The van der Waals surface area contributed by atoms with E-state index < -0.39 is 12.2 Å². The SMILES string of the molecule is N#CC(O)C(O)c1cccc(C(N)=S)c1. The van der Waals surface area contributed by atoms with Crippen LogP contribution in [0.4, 0.5) is 0 Å². The maximum Gasteiger partial charge on any atom is 0.170 e. The lowest BCUT2D eigenvalue weighted by molar-refractivity contribution is 0.0528. The van der Waals surface area contributed by atoms with E-state index in [2.05, 4.69) is 0 Å². The zero-order valence-corrected chi connectivity index (χ0v) is 8.61. The van der Waals surface area contributed by atoms with Gasteiger partial charge in [0.25, 0.3) is 0 Å². The number of aliphatic hydroxyl groups excluding tert-OH is 2. The predicted molar refractivity (Wildman–Crippen MR) is 58.9 cm³/mol. The van der Waals surface area contributed by atoms with Gasteiger partial charge in [-0.15, -0.1) is 0 Å². The van der Waals surface area contributed by atoms with Crippen molar-refractivity contribution in [1.29, 1.82) is 5.26 Å². The minimum atomic E-state index is -1.45. The van der Waals surface area contributed by atoms with E-state index in [1.807, 2.05) is 0 Å². The summed E-state index contributed by atoms with van der Waals surface area (Å²) in [5.74, 6) is 0. The standard InChI is InChI=1S/C10H10N2O2S/c11-5-8(13)9(14)6-2-1-3-7(4-6)10(12)15/h1-4,8-9,13-14H,(H2,12,15). The number of nitriles is 1. The summed E-state index contributed by atoms with van der Waals surface area (Å²) in [6.45, 7) is 0. The average Bonchev–Trinajstić information content (AvgIpc) is 2.27. The first-order valence-corrected chi connectivity index (χ1v) is 4.62. The third-order valence-electron chi connectivity index (χ3n) is 1.94. The highest BCUT2D eigenvalue weighted by Crippen LogP contribution is 2.17. The van der Waals surface area contributed by atoms with Gasteiger partial charge in [0.05, 0.1) is 6.07 Å². The van der Waals surface area contributed by atoms with E-state index in [1.165, 1.54) is 0 Å². The van der Waals surface area contributed by atoms with Gasteiger partial charge < -0.3 is 15.9 Å². The summed E-state index contributed by atoms with van der Waals surface area (Å²) in [6, 6.07) is 8.03. The number of aliphatic hydroxyl groups is 2. The van der Waals surface area contributed by atoms with Gasteiger partial charge in [-0.25, -0.2) is 0 Å². The zero-order chi connectivity index (χ0) is 11.4. The number of nitrogens with two attached hydrogens (primary N) is 1. The molecule has 0 radical (unpaired) electrons. The Morgan fingerprint density at radius 2 is 2.13 bits per heavy atom. The molecule has 5 heteroatoms. The van der Waals surface area contributed by atoms with Crippen LogP contribution in [0.2, 0.25) is 0 Å². The van der Waals surface area contributed by atoms with Crippen molar-refractivity contribution < 1.29 is 10.2 Å². The van der Waals surface area contributed by atoms with Crippen LogP contribution in [0.3, 0.4) is 0 Å². The van der Waals surface area contributed by atoms with Crippen molar-refractivity contribution in [2.24, 2.45) is 5.73 Å². The monoisotopic (exact) mass is 222 g/mol. The maximum atomic E-state index is 9.54. The fourth-order valence-corrected chi connectivity index (χ4v) is 1.26. The Morgan fingerprint density at radius 1 is 1.47 bits per heavy atom. The number of benzene rings is 1. The van der Waals surface area contributed by atoms with Crippen LogP contribution >= 0.6 is 12.2 Å². The highest BCUT2D eigenvalue weighted by atomic mass is 32.1. The number of hydrogen-bond donors (Lipinski definition) is 3. The number of rotatable bonds is 3. The molecule has 78 valence electrons. The molecule has 0 saturated carbocycles. The van der Waals surface area contributed by atoms with Crippen molar-refractivity contribution in [2.45, 2.75) is 12.2 Å². The first kappa shape index (κ1) is 11.6. The summed E-state index contributed by atoms with van der Waals surface area (Å²) in [5.41, 5.74) is 6.41. The van der Waals surface area contributed by atoms with Crippen LogP contribution in [0.5, 0.6) is 0 Å². The van der Waals surface area contributed by atoms with E-state index in [0.29, 0.717) is 11.1 Å².